The zero-order valence-corrected chi connectivity index (χ0v) is 18.5. The Labute approximate surface area is 192 Å². The number of hydrogen-bond acceptors (Lipinski definition) is 5. The summed E-state index contributed by atoms with van der Waals surface area (Å²) in [4.78, 5) is 14.2. The average molecular weight is 445 g/mol. The highest BCUT2D eigenvalue weighted by Gasteiger charge is 2.13. The van der Waals surface area contributed by atoms with E-state index in [0.717, 1.165) is 23.3 Å². The molecule has 1 aromatic heterocycles. The predicted octanol–water partition coefficient (Wildman–Crippen LogP) is 4.20. The maximum atomic E-state index is 11.6. The molecule has 0 fully saturated rings. The summed E-state index contributed by atoms with van der Waals surface area (Å²) in [7, 11) is 0. The first-order valence-corrected chi connectivity index (χ1v) is 11.1. The van der Waals surface area contributed by atoms with Crippen molar-refractivity contribution < 1.29 is 14.9 Å². The fraction of sp³-hybridized carbons (Fsp3) is 0.222. The number of pyridine rings is 1. The van der Waals surface area contributed by atoms with E-state index in [1.165, 1.54) is 17.7 Å². The number of aromatic nitrogens is 1. The molecule has 1 heterocycles. The van der Waals surface area contributed by atoms with E-state index in [-0.39, 0.29) is 11.3 Å². The van der Waals surface area contributed by atoms with E-state index in [1.54, 1.807) is 12.1 Å². The molecular formula is C27H28N2O4. The van der Waals surface area contributed by atoms with Crippen molar-refractivity contribution in [3.05, 3.63) is 105 Å². The first-order valence-electron chi connectivity index (χ1n) is 11.1. The Hall–Kier alpha value is -3.61. The Morgan fingerprint density at radius 1 is 0.909 bits per heavy atom. The zero-order chi connectivity index (χ0) is 23.2. The molecule has 6 heteroatoms. The van der Waals surface area contributed by atoms with Gasteiger partial charge in [0.1, 0.15) is 18.1 Å². The third kappa shape index (κ3) is 5.61. The van der Waals surface area contributed by atoms with Crippen LogP contribution < -0.4 is 15.6 Å². The molecule has 170 valence electrons. The van der Waals surface area contributed by atoms with Gasteiger partial charge in [0, 0.05) is 24.5 Å². The number of nitrogens with one attached hydrogen (secondary N) is 2. The highest BCUT2D eigenvalue weighted by molar-refractivity contribution is 5.87. The van der Waals surface area contributed by atoms with Crippen LogP contribution in [0.5, 0.6) is 11.5 Å². The summed E-state index contributed by atoms with van der Waals surface area (Å²) in [5.41, 5.74) is 4.15. The van der Waals surface area contributed by atoms with Crippen LogP contribution in [0.25, 0.3) is 10.9 Å². The molecule has 4 aromatic rings. The third-order valence-corrected chi connectivity index (χ3v) is 5.69. The standard InChI is InChI=1S/C27H28N2O4/c1-2-18-7-9-21(10-8-18)33-17-20-5-3-19(4-6-20)15-28-16-25(31)22-11-13-24(30)27-23(22)12-14-26(32)29-27/h3-14,25,28,30-31H,2,15-17H2,1H3,(H,29,32). The molecule has 33 heavy (non-hydrogen) atoms. The summed E-state index contributed by atoms with van der Waals surface area (Å²) < 4.78 is 5.86. The van der Waals surface area contributed by atoms with Gasteiger partial charge < -0.3 is 25.3 Å². The van der Waals surface area contributed by atoms with E-state index in [1.807, 2.05) is 36.4 Å². The summed E-state index contributed by atoms with van der Waals surface area (Å²) in [5.74, 6) is 0.839. The second kappa shape index (κ2) is 10.3. The Morgan fingerprint density at radius 2 is 1.61 bits per heavy atom. The quantitative estimate of drug-likeness (QED) is 0.310. The molecule has 3 aromatic carbocycles. The van der Waals surface area contributed by atoms with Crippen LogP contribution >= 0.6 is 0 Å². The van der Waals surface area contributed by atoms with Crippen molar-refractivity contribution in [2.24, 2.45) is 0 Å². The smallest absolute Gasteiger partial charge is 0.248 e. The fourth-order valence-corrected chi connectivity index (χ4v) is 3.75. The predicted molar refractivity (Wildman–Crippen MR) is 129 cm³/mol. The van der Waals surface area contributed by atoms with Gasteiger partial charge in [0.2, 0.25) is 5.56 Å². The number of rotatable bonds is 9. The van der Waals surface area contributed by atoms with Crippen LogP contribution in [0.2, 0.25) is 0 Å². The molecule has 4 N–H and O–H groups in total. The van der Waals surface area contributed by atoms with Gasteiger partial charge in [-0.2, -0.15) is 0 Å². The van der Waals surface area contributed by atoms with Crippen LogP contribution in [0.15, 0.2) is 77.6 Å². The lowest BCUT2D eigenvalue weighted by atomic mass is 10.0. The Kier molecular flexibility index (Phi) is 7.07. The molecule has 0 aliphatic carbocycles. The summed E-state index contributed by atoms with van der Waals surface area (Å²) in [6.45, 7) is 3.57. The molecular weight excluding hydrogens is 416 g/mol. The number of H-pyrrole nitrogens is 1. The van der Waals surface area contributed by atoms with E-state index in [2.05, 4.69) is 29.4 Å². The number of phenols is 1. The topological polar surface area (TPSA) is 94.6 Å². The van der Waals surface area contributed by atoms with Gasteiger partial charge in [-0.1, -0.05) is 49.4 Å². The number of phenolic OH excluding ortho intramolecular Hbond substituents is 1. The Balaban J connectivity index is 1.30. The molecule has 0 radical (unpaired) electrons. The van der Waals surface area contributed by atoms with Crippen LogP contribution in [0.3, 0.4) is 0 Å². The minimum absolute atomic E-state index is 0.0198. The molecule has 1 unspecified atom stereocenters. The molecule has 6 nitrogen and oxygen atoms in total. The van der Waals surface area contributed by atoms with Gasteiger partial charge in [-0.15, -0.1) is 0 Å². The zero-order valence-electron chi connectivity index (χ0n) is 18.5. The van der Waals surface area contributed by atoms with Crippen molar-refractivity contribution in [3.63, 3.8) is 0 Å². The van der Waals surface area contributed by atoms with Gasteiger partial charge in [0.15, 0.2) is 0 Å². The highest BCUT2D eigenvalue weighted by atomic mass is 16.5. The monoisotopic (exact) mass is 444 g/mol. The Bertz CT molecular complexity index is 1260. The largest absolute Gasteiger partial charge is 0.506 e. The van der Waals surface area contributed by atoms with Crippen molar-refractivity contribution in [2.45, 2.75) is 32.6 Å². The van der Waals surface area contributed by atoms with Crippen molar-refractivity contribution in [1.29, 1.82) is 0 Å². The minimum atomic E-state index is -0.786. The van der Waals surface area contributed by atoms with E-state index in [9.17, 15) is 15.0 Å². The third-order valence-electron chi connectivity index (χ3n) is 5.69. The lowest BCUT2D eigenvalue weighted by molar-refractivity contribution is 0.176. The average Bonchev–Trinajstić information content (AvgIpc) is 2.84. The molecule has 4 rings (SSSR count). The second-order valence-electron chi connectivity index (χ2n) is 8.03. The summed E-state index contributed by atoms with van der Waals surface area (Å²) in [6, 6.07) is 22.5. The SMILES string of the molecule is CCc1ccc(OCc2ccc(CNCC(O)c3ccc(O)c4[nH]c(=O)ccc34)cc2)cc1. The second-order valence-corrected chi connectivity index (χ2v) is 8.03. The molecule has 1 atom stereocenters. The molecule has 0 aliphatic rings. The number of aryl methyl sites for hydroxylation is 1. The number of ether oxygens (including phenoxy) is 1. The number of benzene rings is 3. The summed E-state index contributed by atoms with van der Waals surface area (Å²) >= 11 is 0. The molecule has 0 aliphatic heterocycles. The van der Waals surface area contributed by atoms with Crippen molar-refractivity contribution in [3.8, 4) is 11.5 Å². The highest BCUT2D eigenvalue weighted by Crippen LogP contribution is 2.28. The van der Waals surface area contributed by atoms with E-state index >= 15 is 0 Å². The van der Waals surface area contributed by atoms with Gasteiger partial charge >= 0.3 is 0 Å². The molecule has 0 amide bonds. The summed E-state index contributed by atoms with van der Waals surface area (Å²) in [6.07, 6.45) is 0.227. The Morgan fingerprint density at radius 3 is 2.33 bits per heavy atom. The maximum absolute atomic E-state index is 11.6. The van der Waals surface area contributed by atoms with E-state index in [0.29, 0.717) is 36.2 Å². The van der Waals surface area contributed by atoms with Gasteiger partial charge in [-0.05, 0) is 52.9 Å². The summed E-state index contributed by atoms with van der Waals surface area (Å²) in [5, 5.41) is 24.5. The van der Waals surface area contributed by atoms with Gasteiger partial charge in [-0.3, -0.25) is 4.79 Å². The normalized spacial score (nSPS) is 12.1. The number of aromatic hydroxyl groups is 1. The first-order chi connectivity index (χ1) is 16.0. The number of hydrogen-bond donors (Lipinski definition) is 4. The van der Waals surface area contributed by atoms with Crippen LogP contribution in [-0.4, -0.2) is 21.7 Å². The lowest BCUT2D eigenvalue weighted by Gasteiger charge is -2.15. The van der Waals surface area contributed by atoms with Crippen LogP contribution in [0.1, 0.15) is 35.3 Å². The molecule has 0 spiro atoms. The lowest BCUT2D eigenvalue weighted by Crippen LogP contribution is -2.21. The number of aliphatic hydroxyl groups is 1. The van der Waals surface area contributed by atoms with Gasteiger partial charge in [0.05, 0.1) is 11.6 Å². The van der Waals surface area contributed by atoms with Crippen LogP contribution in [-0.2, 0) is 19.6 Å². The van der Waals surface area contributed by atoms with Crippen molar-refractivity contribution in [1.82, 2.24) is 10.3 Å². The first kappa shape index (κ1) is 22.6. The number of aromatic amines is 1. The van der Waals surface area contributed by atoms with E-state index < -0.39 is 6.10 Å². The number of aliphatic hydroxyl groups excluding tert-OH is 1. The fourth-order valence-electron chi connectivity index (χ4n) is 3.75. The molecule has 0 saturated carbocycles. The van der Waals surface area contributed by atoms with E-state index in [4.69, 9.17) is 4.74 Å². The van der Waals surface area contributed by atoms with Crippen LogP contribution in [0, 0.1) is 0 Å². The minimum Gasteiger partial charge on any atom is -0.506 e. The molecule has 0 bridgehead atoms. The maximum Gasteiger partial charge on any atom is 0.248 e. The molecule has 0 saturated heterocycles. The van der Waals surface area contributed by atoms with Gasteiger partial charge in [-0.25, -0.2) is 0 Å². The van der Waals surface area contributed by atoms with Crippen molar-refractivity contribution in [2.75, 3.05) is 6.54 Å². The van der Waals surface area contributed by atoms with Crippen molar-refractivity contribution >= 4 is 10.9 Å². The number of fused-ring (bicyclic) bond motifs is 1. The van der Waals surface area contributed by atoms with Crippen LogP contribution in [0.4, 0.5) is 0 Å². The van der Waals surface area contributed by atoms with Gasteiger partial charge in [0.25, 0.3) is 0 Å².